The van der Waals surface area contributed by atoms with Crippen LogP contribution in [0.15, 0.2) is 24.4 Å². The molecule has 0 aromatic rings. The highest BCUT2D eigenvalue weighted by molar-refractivity contribution is 5.79. The third-order valence-corrected chi connectivity index (χ3v) is 3.02. The normalized spacial score (nSPS) is 24.9. The molecule has 3 nitrogen and oxygen atoms in total. The average molecular weight is 192 g/mol. The van der Waals surface area contributed by atoms with Crippen molar-refractivity contribution in [2.45, 2.75) is 37.6 Å². The Labute approximate surface area is 84.3 Å². The fourth-order valence-corrected chi connectivity index (χ4v) is 2.32. The fraction of sp³-hybridized carbons (Fsp3) is 0.545. The molecule has 2 N–H and O–H groups in total. The largest absolute Gasteiger partial charge is 0.329 e. The van der Waals surface area contributed by atoms with Gasteiger partial charge in [0, 0.05) is 5.70 Å². The van der Waals surface area contributed by atoms with Crippen LogP contribution in [0.5, 0.6) is 0 Å². The third-order valence-electron chi connectivity index (χ3n) is 3.02. The van der Waals surface area contributed by atoms with Crippen molar-refractivity contribution >= 4 is 6.03 Å². The maximum Gasteiger partial charge on any atom is 0.319 e. The van der Waals surface area contributed by atoms with Gasteiger partial charge in [-0.25, -0.2) is 4.79 Å². The zero-order valence-corrected chi connectivity index (χ0v) is 8.31. The lowest BCUT2D eigenvalue weighted by atomic mass is 9.80. The summed E-state index contributed by atoms with van der Waals surface area (Å²) in [5, 5.41) is 5.75. The number of allylic oxidation sites excluding steroid dienone is 1. The molecule has 1 aliphatic heterocycles. The highest BCUT2D eigenvalue weighted by Crippen LogP contribution is 2.31. The first-order valence-electron chi connectivity index (χ1n) is 5.19. The van der Waals surface area contributed by atoms with Crippen LogP contribution in [0.25, 0.3) is 0 Å². The van der Waals surface area contributed by atoms with Gasteiger partial charge < -0.3 is 10.6 Å². The van der Waals surface area contributed by atoms with Crippen molar-refractivity contribution in [2.24, 2.45) is 0 Å². The van der Waals surface area contributed by atoms with Crippen molar-refractivity contribution in [3.63, 3.8) is 0 Å². The number of hydrogen-bond donors (Lipinski definition) is 2. The van der Waals surface area contributed by atoms with Crippen molar-refractivity contribution in [2.75, 3.05) is 0 Å². The molecule has 2 amide bonds. The van der Waals surface area contributed by atoms with Crippen LogP contribution < -0.4 is 10.6 Å². The minimum Gasteiger partial charge on any atom is -0.329 e. The maximum absolute atomic E-state index is 11.4. The molecular formula is C11H16N2O. The smallest absolute Gasteiger partial charge is 0.319 e. The molecule has 14 heavy (non-hydrogen) atoms. The number of amides is 2. The van der Waals surface area contributed by atoms with Crippen LogP contribution in [-0.2, 0) is 0 Å². The predicted octanol–water partition coefficient (Wildman–Crippen LogP) is 2.07. The molecule has 0 aromatic heterocycles. The Morgan fingerprint density at radius 3 is 2.71 bits per heavy atom. The first-order chi connectivity index (χ1) is 6.74. The van der Waals surface area contributed by atoms with Crippen molar-refractivity contribution in [1.82, 2.24) is 10.6 Å². The van der Waals surface area contributed by atoms with Gasteiger partial charge in [0.2, 0.25) is 0 Å². The van der Waals surface area contributed by atoms with Crippen LogP contribution in [0.3, 0.4) is 0 Å². The molecule has 1 fully saturated rings. The van der Waals surface area contributed by atoms with Crippen molar-refractivity contribution in [3.8, 4) is 0 Å². The van der Waals surface area contributed by atoms with Crippen LogP contribution in [0.4, 0.5) is 4.79 Å². The second kappa shape index (κ2) is 3.48. The summed E-state index contributed by atoms with van der Waals surface area (Å²) in [7, 11) is 0. The van der Waals surface area contributed by atoms with Crippen LogP contribution in [0.2, 0.25) is 0 Å². The summed E-state index contributed by atoms with van der Waals surface area (Å²) in [6, 6.07) is -0.0932. The van der Waals surface area contributed by atoms with E-state index >= 15 is 0 Å². The van der Waals surface area contributed by atoms with Gasteiger partial charge in [-0.2, -0.15) is 0 Å². The molecule has 3 heteroatoms. The Bertz CT molecular complexity index is 288. The number of urea groups is 1. The van der Waals surface area contributed by atoms with Crippen LogP contribution >= 0.6 is 0 Å². The van der Waals surface area contributed by atoms with Crippen LogP contribution in [0, 0.1) is 0 Å². The standard InChI is InChI=1S/C11H16N2O/c1-2-9-8-11(13-10(14)12-9)6-4-3-5-7-11/h2,8H,1,3-7H2,(H2,12,13,14). The number of rotatable bonds is 1. The summed E-state index contributed by atoms with van der Waals surface area (Å²) in [6.07, 6.45) is 9.59. The summed E-state index contributed by atoms with van der Waals surface area (Å²) < 4.78 is 0. The first kappa shape index (κ1) is 9.31. The van der Waals surface area contributed by atoms with E-state index in [-0.39, 0.29) is 11.6 Å². The van der Waals surface area contributed by atoms with E-state index in [0.717, 1.165) is 18.5 Å². The molecule has 1 saturated carbocycles. The Morgan fingerprint density at radius 2 is 2.07 bits per heavy atom. The monoisotopic (exact) mass is 192 g/mol. The van der Waals surface area contributed by atoms with Gasteiger partial charge >= 0.3 is 6.03 Å². The molecule has 0 atom stereocenters. The maximum atomic E-state index is 11.4. The van der Waals surface area contributed by atoms with Gasteiger partial charge in [-0.15, -0.1) is 0 Å². The fourth-order valence-electron chi connectivity index (χ4n) is 2.32. The number of hydrogen-bond acceptors (Lipinski definition) is 1. The van der Waals surface area contributed by atoms with Crippen LogP contribution in [-0.4, -0.2) is 11.6 Å². The second-order valence-corrected chi connectivity index (χ2v) is 4.10. The van der Waals surface area contributed by atoms with Gasteiger partial charge in [0.1, 0.15) is 0 Å². The van der Waals surface area contributed by atoms with E-state index < -0.39 is 0 Å². The highest BCUT2D eigenvalue weighted by Gasteiger charge is 2.34. The zero-order valence-electron chi connectivity index (χ0n) is 8.31. The predicted molar refractivity (Wildman–Crippen MR) is 55.8 cm³/mol. The molecular weight excluding hydrogens is 176 g/mol. The molecule has 2 rings (SSSR count). The van der Waals surface area contributed by atoms with Gasteiger partial charge in [0.15, 0.2) is 0 Å². The van der Waals surface area contributed by atoms with Crippen molar-refractivity contribution in [3.05, 3.63) is 24.4 Å². The lowest BCUT2D eigenvalue weighted by Gasteiger charge is -2.38. The first-order valence-corrected chi connectivity index (χ1v) is 5.19. The Balaban J connectivity index is 2.24. The molecule has 0 bridgehead atoms. The van der Waals surface area contributed by atoms with Gasteiger partial charge in [-0.05, 0) is 25.0 Å². The lowest BCUT2D eigenvalue weighted by Crippen LogP contribution is -2.55. The van der Waals surface area contributed by atoms with E-state index in [1.54, 1.807) is 6.08 Å². The van der Waals surface area contributed by atoms with Gasteiger partial charge in [0.05, 0.1) is 5.54 Å². The summed E-state index contributed by atoms with van der Waals surface area (Å²) in [6.45, 7) is 3.69. The zero-order chi connectivity index (χ0) is 10.0. The van der Waals surface area contributed by atoms with Crippen molar-refractivity contribution < 1.29 is 4.79 Å². The topological polar surface area (TPSA) is 41.1 Å². The lowest BCUT2D eigenvalue weighted by molar-refractivity contribution is 0.218. The Kier molecular flexibility index (Phi) is 2.32. The summed E-state index contributed by atoms with van der Waals surface area (Å²) in [5.41, 5.74) is 0.750. The second-order valence-electron chi connectivity index (χ2n) is 4.10. The van der Waals surface area contributed by atoms with E-state index in [1.807, 2.05) is 0 Å². The number of nitrogens with one attached hydrogen (secondary N) is 2. The van der Waals surface area contributed by atoms with Gasteiger partial charge in [0.25, 0.3) is 0 Å². The molecule has 2 aliphatic rings. The molecule has 0 radical (unpaired) electrons. The molecule has 0 saturated heterocycles. The summed E-state index contributed by atoms with van der Waals surface area (Å²) in [5.74, 6) is 0. The molecule has 1 aliphatic carbocycles. The molecule has 1 heterocycles. The minimum absolute atomic E-state index is 0.0931. The van der Waals surface area contributed by atoms with Crippen molar-refractivity contribution in [1.29, 1.82) is 0 Å². The SMILES string of the molecule is C=CC1=CC2(CCCCC2)NC(=O)N1. The average Bonchev–Trinajstić information content (AvgIpc) is 2.17. The van der Waals surface area contributed by atoms with Gasteiger partial charge in [-0.3, -0.25) is 0 Å². The molecule has 0 aromatic carbocycles. The Hall–Kier alpha value is -1.25. The van der Waals surface area contributed by atoms with E-state index in [1.165, 1.54) is 19.3 Å². The van der Waals surface area contributed by atoms with E-state index in [0.29, 0.717) is 0 Å². The molecule has 0 unspecified atom stereocenters. The minimum atomic E-state index is -0.0932. The van der Waals surface area contributed by atoms with E-state index in [9.17, 15) is 4.79 Å². The van der Waals surface area contributed by atoms with Gasteiger partial charge in [-0.1, -0.05) is 25.8 Å². The van der Waals surface area contributed by atoms with E-state index in [4.69, 9.17) is 0 Å². The number of carbonyl (C=O) groups is 1. The summed E-state index contributed by atoms with van der Waals surface area (Å²) in [4.78, 5) is 11.4. The third kappa shape index (κ3) is 1.67. The quantitative estimate of drug-likeness (QED) is 0.656. The molecule has 76 valence electrons. The summed E-state index contributed by atoms with van der Waals surface area (Å²) >= 11 is 0. The highest BCUT2D eigenvalue weighted by atomic mass is 16.2. The van der Waals surface area contributed by atoms with E-state index in [2.05, 4.69) is 23.3 Å². The molecule has 1 spiro atoms. The Morgan fingerprint density at radius 1 is 1.36 bits per heavy atom. The van der Waals surface area contributed by atoms with Crippen LogP contribution in [0.1, 0.15) is 32.1 Å². The number of carbonyl (C=O) groups excluding carboxylic acids is 1.